The first kappa shape index (κ1) is 23.6. The lowest BCUT2D eigenvalue weighted by atomic mass is 10.0. The van der Waals surface area contributed by atoms with Crippen LogP contribution in [-0.2, 0) is 19.4 Å². The maximum Gasteiger partial charge on any atom is 0.256 e. The molecule has 0 bridgehead atoms. The number of fused-ring (bicyclic) bond motifs is 1. The van der Waals surface area contributed by atoms with Gasteiger partial charge >= 0.3 is 0 Å². The van der Waals surface area contributed by atoms with Crippen LogP contribution in [0.25, 0.3) is 0 Å². The number of aliphatic hydroxyl groups excluding tert-OH is 1. The molecule has 2 aromatic carbocycles. The number of benzene rings is 2. The molecule has 7 nitrogen and oxygen atoms in total. The molecular formula is C26H22F3N5O2. The average Bonchev–Trinajstić information content (AvgIpc) is 3.49. The number of pyridine rings is 1. The van der Waals surface area contributed by atoms with Gasteiger partial charge in [0.1, 0.15) is 5.82 Å². The molecule has 0 aliphatic carbocycles. The molecule has 2 N–H and O–H groups in total. The van der Waals surface area contributed by atoms with Crippen LogP contribution in [0, 0.1) is 17.5 Å². The molecule has 1 amide bonds. The van der Waals surface area contributed by atoms with Gasteiger partial charge in [0.05, 0.1) is 25.0 Å². The Kier molecular flexibility index (Phi) is 6.43. The first-order valence-electron chi connectivity index (χ1n) is 11.4. The van der Waals surface area contributed by atoms with E-state index in [4.69, 9.17) is 5.11 Å². The van der Waals surface area contributed by atoms with Crippen molar-refractivity contribution in [3.05, 3.63) is 101 Å². The predicted molar refractivity (Wildman–Crippen MR) is 128 cm³/mol. The number of carbonyl (C=O) groups excluding carboxylic acids is 1. The summed E-state index contributed by atoms with van der Waals surface area (Å²) in [6.07, 6.45) is 5.62. The molecule has 1 aliphatic rings. The maximum absolute atomic E-state index is 13.6. The Balaban J connectivity index is 1.37. The molecule has 5 rings (SSSR count). The van der Waals surface area contributed by atoms with Crippen molar-refractivity contribution in [1.82, 2.24) is 14.8 Å². The predicted octanol–water partition coefficient (Wildman–Crippen LogP) is 4.23. The van der Waals surface area contributed by atoms with Gasteiger partial charge in [-0.05, 0) is 65.9 Å². The molecule has 0 saturated heterocycles. The molecule has 2 aromatic heterocycles. The molecule has 10 heteroatoms. The summed E-state index contributed by atoms with van der Waals surface area (Å²) in [7, 11) is 0. The first-order valence-corrected chi connectivity index (χ1v) is 11.4. The third-order valence-electron chi connectivity index (χ3n) is 6.03. The average molecular weight is 493 g/mol. The summed E-state index contributed by atoms with van der Waals surface area (Å²) in [6, 6.07) is 11.0. The van der Waals surface area contributed by atoms with Crippen LogP contribution < -0.4 is 10.2 Å². The van der Waals surface area contributed by atoms with E-state index in [0.29, 0.717) is 42.1 Å². The van der Waals surface area contributed by atoms with Gasteiger partial charge in [-0.2, -0.15) is 5.10 Å². The number of nitrogens with one attached hydrogen (secondary N) is 1. The minimum Gasteiger partial charge on any atom is -0.394 e. The zero-order valence-corrected chi connectivity index (χ0v) is 19.1. The number of halogens is 3. The third kappa shape index (κ3) is 4.67. The molecule has 36 heavy (non-hydrogen) atoms. The fraction of sp³-hybridized carbons (Fsp3) is 0.192. The van der Waals surface area contributed by atoms with E-state index in [1.54, 1.807) is 35.3 Å². The van der Waals surface area contributed by atoms with Crippen LogP contribution in [-0.4, -0.2) is 38.9 Å². The smallest absolute Gasteiger partial charge is 0.256 e. The fourth-order valence-electron chi connectivity index (χ4n) is 4.40. The molecule has 0 atom stereocenters. The van der Waals surface area contributed by atoms with Gasteiger partial charge in [-0.25, -0.2) is 18.2 Å². The molecule has 0 saturated carbocycles. The van der Waals surface area contributed by atoms with E-state index in [9.17, 15) is 18.0 Å². The molecule has 184 valence electrons. The van der Waals surface area contributed by atoms with Crippen LogP contribution in [0.15, 0.2) is 61.1 Å². The summed E-state index contributed by atoms with van der Waals surface area (Å²) >= 11 is 0. The van der Waals surface area contributed by atoms with Crippen LogP contribution in [0.2, 0.25) is 0 Å². The normalized spacial score (nSPS) is 12.6. The van der Waals surface area contributed by atoms with E-state index in [2.05, 4.69) is 15.4 Å². The zero-order chi connectivity index (χ0) is 25.2. The van der Waals surface area contributed by atoms with Crippen LogP contribution in [0.1, 0.15) is 27.0 Å². The fourth-order valence-corrected chi connectivity index (χ4v) is 4.40. The lowest BCUT2D eigenvalue weighted by Gasteiger charge is -2.19. The number of aromatic nitrogens is 3. The highest BCUT2D eigenvalue weighted by Gasteiger charge is 2.26. The molecule has 1 aliphatic heterocycles. The van der Waals surface area contributed by atoms with Crippen molar-refractivity contribution in [3.63, 3.8) is 0 Å². The molecule has 4 aromatic rings. The quantitative estimate of drug-likeness (QED) is 0.377. The SMILES string of the molecule is O=C(Nc1cnn(CCO)c1)c1cccc2c1CCN2c1cc(Cc2cc(F)c(F)c(F)c2)ccn1. The summed E-state index contributed by atoms with van der Waals surface area (Å²) in [5, 5.41) is 16.0. The van der Waals surface area contributed by atoms with Crippen molar-refractivity contribution in [2.75, 3.05) is 23.4 Å². The Morgan fingerprint density at radius 2 is 1.89 bits per heavy atom. The third-order valence-corrected chi connectivity index (χ3v) is 6.03. The molecule has 0 unspecified atom stereocenters. The Hall–Kier alpha value is -4.18. The second-order valence-electron chi connectivity index (χ2n) is 8.45. The van der Waals surface area contributed by atoms with Crippen LogP contribution in [0.4, 0.5) is 30.4 Å². The lowest BCUT2D eigenvalue weighted by molar-refractivity contribution is 0.102. The van der Waals surface area contributed by atoms with Gasteiger partial charge in [-0.15, -0.1) is 0 Å². The number of rotatable bonds is 7. The number of hydrogen-bond donors (Lipinski definition) is 2. The zero-order valence-electron chi connectivity index (χ0n) is 19.1. The van der Waals surface area contributed by atoms with Gasteiger partial charge in [0.2, 0.25) is 0 Å². The summed E-state index contributed by atoms with van der Waals surface area (Å²) in [5.74, 6) is -3.56. The Morgan fingerprint density at radius 3 is 2.67 bits per heavy atom. The van der Waals surface area contributed by atoms with E-state index >= 15 is 0 Å². The summed E-state index contributed by atoms with van der Waals surface area (Å²) in [5.41, 5.74) is 3.87. The number of aliphatic hydroxyl groups is 1. The van der Waals surface area contributed by atoms with Crippen molar-refractivity contribution in [2.45, 2.75) is 19.4 Å². The highest BCUT2D eigenvalue weighted by molar-refractivity contribution is 6.06. The van der Waals surface area contributed by atoms with Gasteiger partial charge in [0, 0.05) is 30.2 Å². The largest absolute Gasteiger partial charge is 0.394 e. The number of carbonyl (C=O) groups is 1. The summed E-state index contributed by atoms with van der Waals surface area (Å²) in [6.45, 7) is 0.886. The van der Waals surface area contributed by atoms with E-state index in [1.807, 2.05) is 17.0 Å². The molecular weight excluding hydrogens is 471 g/mol. The highest BCUT2D eigenvalue weighted by Crippen LogP contribution is 2.36. The maximum atomic E-state index is 13.6. The molecule has 0 radical (unpaired) electrons. The summed E-state index contributed by atoms with van der Waals surface area (Å²) in [4.78, 5) is 19.4. The van der Waals surface area contributed by atoms with Gasteiger partial charge in [0.15, 0.2) is 17.5 Å². The van der Waals surface area contributed by atoms with Gasteiger partial charge in [-0.1, -0.05) is 6.07 Å². The topological polar surface area (TPSA) is 83.3 Å². The van der Waals surface area contributed by atoms with Crippen molar-refractivity contribution in [1.29, 1.82) is 0 Å². The van der Waals surface area contributed by atoms with Gasteiger partial charge in [0.25, 0.3) is 5.91 Å². The number of amides is 1. The Labute approximate surface area is 204 Å². The Bertz CT molecular complexity index is 1420. The van der Waals surface area contributed by atoms with Crippen LogP contribution >= 0.6 is 0 Å². The molecule has 0 fully saturated rings. The monoisotopic (exact) mass is 493 g/mol. The van der Waals surface area contributed by atoms with E-state index in [0.717, 1.165) is 28.9 Å². The Morgan fingerprint density at radius 1 is 1.08 bits per heavy atom. The standard InChI is InChI=1S/C26H22F3N5O2/c27-21-11-17(12-22(28)25(21)29)10-16-4-6-30-24(13-16)34-7-5-19-20(2-1-3-23(19)34)26(36)32-18-14-31-33(15-18)8-9-35/h1-4,6,11-15,35H,5,7-10H2,(H,32,36). The highest BCUT2D eigenvalue weighted by atomic mass is 19.2. The second kappa shape index (κ2) is 9.82. The van der Waals surface area contributed by atoms with Crippen LogP contribution in [0.5, 0.6) is 0 Å². The second-order valence-corrected chi connectivity index (χ2v) is 8.45. The number of anilines is 3. The van der Waals surface area contributed by atoms with Gasteiger partial charge < -0.3 is 15.3 Å². The van der Waals surface area contributed by atoms with Crippen molar-refractivity contribution >= 4 is 23.1 Å². The molecule has 3 heterocycles. The lowest BCUT2D eigenvalue weighted by Crippen LogP contribution is -2.15. The first-order chi connectivity index (χ1) is 17.4. The van der Waals surface area contributed by atoms with E-state index in [-0.39, 0.29) is 18.9 Å². The number of nitrogens with zero attached hydrogens (tertiary/aromatic N) is 4. The van der Waals surface area contributed by atoms with E-state index in [1.165, 1.54) is 6.20 Å². The van der Waals surface area contributed by atoms with Crippen molar-refractivity contribution in [3.8, 4) is 0 Å². The van der Waals surface area contributed by atoms with Crippen molar-refractivity contribution in [2.24, 2.45) is 0 Å². The minimum atomic E-state index is -1.48. The number of hydrogen-bond acceptors (Lipinski definition) is 5. The molecule has 0 spiro atoms. The van der Waals surface area contributed by atoms with E-state index < -0.39 is 17.5 Å². The van der Waals surface area contributed by atoms with Crippen LogP contribution in [0.3, 0.4) is 0 Å². The van der Waals surface area contributed by atoms with Crippen molar-refractivity contribution < 1.29 is 23.1 Å². The minimum absolute atomic E-state index is 0.0516. The summed E-state index contributed by atoms with van der Waals surface area (Å²) < 4.78 is 42.1. The van der Waals surface area contributed by atoms with Gasteiger partial charge in [-0.3, -0.25) is 9.48 Å².